The molecule has 0 aromatic heterocycles. The largest absolute Gasteiger partial charge is 0.417 e. The van der Waals surface area contributed by atoms with Crippen molar-refractivity contribution in [2.75, 3.05) is 13.2 Å². The van der Waals surface area contributed by atoms with Crippen molar-refractivity contribution >= 4 is 5.57 Å². The van der Waals surface area contributed by atoms with Crippen LogP contribution in [0.4, 0.5) is 13.2 Å². The molecule has 0 amide bonds. The highest BCUT2D eigenvalue weighted by atomic mass is 19.4. The first-order valence-corrected chi connectivity index (χ1v) is 6.63. The van der Waals surface area contributed by atoms with E-state index in [1.54, 1.807) is 12.1 Å². The Labute approximate surface area is 120 Å². The highest BCUT2D eigenvalue weighted by molar-refractivity contribution is 5.69. The van der Waals surface area contributed by atoms with Gasteiger partial charge >= 0.3 is 6.18 Å². The van der Waals surface area contributed by atoms with Gasteiger partial charge in [0.25, 0.3) is 0 Å². The predicted molar refractivity (Wildman–Crippen MR) is 70.3 cm³/mol. The Morgan fingerprint density at radius 1 is 1.29 bits per heavy atom. The Balaban J connectivity index is 2.00. The molecule has 1 aromatic carbocycles. The second kappa shape index (κ2) is 5.17. The van der Waals surface area contributed by atoms with Gasteiger partial charge in [-0.05, 0) is 29.7 Å². The van der Waals surface area contributed by atoms with Crippen LogP contribution in [0.3, 0.4) is 0 Å². The standard InChI is InChI=1S/C15H13F3N2O/c16-15(17,18)14-5-9(1-2-10(14)6-19)11-3-12-7-21-8-13(4-11)20-12/h1-3,5,12-13,20H,4,7-8H2. The van der Waals surface area contributed by atoms with Crippen LogP contribution < -0.4 is 5.32 Å². The van der Waals surface area contributed by atoms with Crippen LogP contribution in [-0.2, 0) is 10.9 Å². The van der Waals surface area contributed by atoms with Gasteiger partial charge in [0.15, 0.2) is 0 Å². The van der Waals surface area contributed by atoms with Gasteiger partial charge < -0.3 is 10.1 Å². The fourth-order valence-corrected chi connectivity index (χ4v) is 2.82. The molecule has 1 aromatic rings. The first-order chi connectivity index (χ1) is 9.97. The molecule has 0 saturated carbocycles. The fourth-order valence-electron chi connectivity index (χ4n) is 2.82. The molecule has 1 fully saturated rings. The Hall–Kier alpha value is -1.84. The average molecular weight is 294 g/mol. The molecule has 2 heterocycles. The molecule has 2 unspecified atom stereocenters. The summed E-state index contributed by atoms with van der Waals surface area (Å²) in [6, 6.07) is 5.68. The van der Waals surface area contributed by atoms with Crippen LogP contribution in [0.2, 0.25) is 0 Å². The molecule has 2 atom stereocenters. The third-order valence-corrected chi connectivity index (χ3v) is 3.75. The molecule has 0 radical (unpaired) electrons. The SMILES string of the molecule is N#Cc1ccc(C2=CC3COCC(C2)N3)cc1C(F)(F)F. The number of ether oxygens (including phenoxy) is 1. The van der Waals surface area contributed by atoms with E-state index >= 15 is 0 Å². The smallest absolute Gasteiger partial charge is 0.378 e. The minimum Gasteiger partial charge on any atom is -0.378 e. The Kier molecular flexibility index (Phi) is 3.47. The minimum atomic E-state index is -4.52. The second-order valence-electron chi connectivity index (χ2n) is 5.27. The lowest BCUT2D eigenvalue weighted by atomic mass is 9.90. The van der Waals surface area contributed by atoms with E-state index in [-0.39, 0.29) is 17.6 Å². The molecule has 6 heteroatoms. The van der Waals surface area contributed by atoms with Gasteiger partial charge in [-0.15, -0.1) is 0 Å². The summed E-state index contributed by atoms with van der Waals surface area (Å²) in [6.07, 6.45) is -1.98. The van der Waals surface area contributed by atoms with Gasteiger partial charge in [-0.25, -0.2) is 0 Å². The van der Waals surface area contributed by atoms with Gasteiger partial charge in [0, 0.05) is 12.1 Å². The first kappa shape index (κ1) is 14.1. The van der Waals surface area contributed by atoms with Crippen LogP contribution in [0, 0.1) is 11.3 Å². The van der Waals surface area contributed by atoms with Crippen molar-refractivity contribution in [3.8, 4) is 6.07 Å². The average Bonchev–Trinajstić information content (AvgIpc) is 2.45. The van der Waals surface area contributed by atoms with E-state index in [1.807, 2.05) is 6.08 Å². The van der Waals surface area contributed by atoms with Crippen molar-refractivity contribution in [1.29, 1.82) is 5.26 Å². The van der Waals surface area contributed by atoms with Crippen molar-refractivity contribution in [3.63, 3.8) is 0 Å². The lowest BCUT2D eigenvalue weighted by Gasteiger charge is -2.35. The fraction of sp³-hybridized carbons (Fsp3) is 0.400. The highest BCUT2D eigenvalue weighted by Crippen LogP contribution is 2.35. The van der Waals surface area contributed by atoms with Crippen molar-refractivity contribution in [3.05, 3.63) is 41.0 Å². The van der Waals surface area contributed by atoms with Crippen molar-refractivity contribution in [2.24, 2.45) is 0 Å². The normalized spacial score (nSPS) is 25.1. The molecule has 2 aliphatic heterocycles. The molecule has 2 bridgehead atoms. The van der Waals surface area contributed by atoms with Gasteiger partial charge in [-0.3, -0.25) is 0 Å². The first-order valence-electron chi connectivity index (χ1n) is 6.63. The molecule has 3 rings (SSSR count). The summed E-state index contributed by atoms with van der Waals surface area (Å²) in [5.74, 6) is 0. The topological polar surface area (TPSA) is 45.0 Å². The summed E-state index contributed by atoms with van der Waals surface area (Å²) in [4.78, 5) is 0. The minimum absolute atomic E-state index is 0.0393. The second-order valence-corrected chi connectivity index (χ2v) is 5.27. The number of fused-ring (bicyclic) bond motifs is 2. The van der Waals surface area contributed by atoms with E-state index in [4.69, 9.17) is 10.00 Å². The molecule has 0 spiro atoms. The molecule has 0 aliphatic carbocycles. The molecule has 2 aliphatic rings. The Morgan fingerprint density at radius 3 is 2.76 bits per heavy atom. The van der Waals surface area contributed by atoms with Crippen LogP contribution in [0.1, 0.15) is 23.1 Å². The lowest BCUT2D eigenvalue weighted by Crippen LogP contribution is -2.50. The zero-order valence-electron chi connectivity index (χ0n) is 11.1. The maximum absolute atomic E-state index is 13.0. The van der Waals surface area contributed by atoms with Gasteiger partial charge in [0.1, 0.15) is 0 Å². The van der Waals surface area contributed by atoms with Gasteiger partial charge in [-0.1, -0.05) is 12.1 Å². The summed E-state index contributed by atoms with van der Waals surface area (Å²) in [5.41, 5.74) is 0.189. The van der Waals surface area contributed by atoms with Crippen LogP contribution in [0.25, 0.3) is 5.57 Å². The number of nitrogens with one attached hydrogen (secondary N) is 1. The predicted octanol–water partition coefficient (Wildman–Crippen LogP) is 2.72. The van der Waals surface area contributed by atoms with Crippen molar-refractivity contribution in [2.45, 2.75) is 24.7 Å². The molecular weight excluding hydrogens is 281 g/mol. The van der Waals surface area contributed by atoms with E-state index in [2.05, 4.69) is 5.32 Å². The molecular formula is C15H13F3N2O. The third-order valence-electron chi connectivity index (χ3n) is 3.75. The Bertz CT molecular complexity index is 631. The van der Waals surface area contributed by atoms with Crippen LogP contribution in [-0.4, -0.2) is 25.3 Å². The molecule has 110 valence electrons. The Morgan fingerprint density at radius 2 is 2.10 bits per heavy atom. The number of halogens is 3. The number of nitriles is 1. The van der Waals surface area contributed by atoms with Crippen molar-refractivity contribution < 1.29 is 17.9 Å². The summed E-state index contributed by atoms with van der Waals surface area (Å²) in [5, 5.41) is 12.2. The van der Waals surface area contributed by atoms with Crippen molar-refractivity contribution in [1.82, 2.24) is 5.32 Å². The summed E-state index contributed by atoms with van der Waals surface area (Å²) < 4.78 is 44.4. The number of hydrogen-bond acceptors (Lipinski definition) is 3. The molecule has 1 N–H and O–H groups in total. The van der Waals surface area contributed by atoms with Crippen LogP contribution in [0.15, 0.2) is 24.3 Å². The molecule has 21 heavy (non-hydrogen) atoms. The zero-order valence-corrected chi connectivity index (χ0v) is 11.1. The summed E-state index contributed by atoms with van der Waals surface area (Å²) >= 11 is 0. The lowest BCUT2D eigenvalue weighted by molar-refractivity contribution is -0.137. The van der Waals surface area contributed by atoms with E-state index < -0.39 is 11.7 Å². The number of rotatable bonds is 1. The summed E-state index contributed by atoms with van der Waals surface area (Å²) in [7, 11) is 0. The monoisotopic (exact) mass is 294 g/mol. The molecule has 1 saturated heterocycles. The highest BCUT2D eigenvalue weighted by Gasteiger charge is 2.34. The summed E-state index contributed by atoms with van der Waals surface area (Å²) in [6.45, 7) is 1.10. The van der Waals surface area contributed by atoms with Crippen LogP contribution >= 0.6 is 0 Å². The van der Waals surface area contributed by atoms with Crippen LogP contribution in [0.5, 0.6) is 0 Å². The van der Waals surface area contributed by atoms with E-state index in [0.29, 0.717) is 25.2 Å². The quantitative estimate of drug-likeness (QED) is 0.866. The van der Waals surface area contributed by atoms with Gasteiger partial charge in [-0.2, -0.15) is 18.4 Å². The van der Waals surface area contributed by atoms with Gasteiger partial charge in [0.05, 0.1) is 30.4 Å². The van der Waals surface area contributed by atoms with E-state index in [9.17, 15) is 13.2 Å². The molecule has 3 nitrogen and oxygen atoms in total. The number of alkyl halides is 3. The maximum Gasteiger partial charge on any atom is 0.417 e. The maximum atomic E-state index is 13.0. The number of morpholine rings is 1. The third kappa shape index (κ3) is 2.80. The number of benzene rings is 1. The van der Waals surface area contributed by atoms with Gasteiger partial charge in [0.2, 0.25) is 0 Å². The zero-order chi connectivity index (χ0) is 15.0. The van der Waals surface area contributed by atoms with E-state index in [0.717, 1.165) is 11.6 Å². The number of nitrogens with zero attached hydrogens (tertiary/aromatic N) is 1. The van der Waals surface area contributed by atoms with E-state index in [1.165, 1.54) is 6.07 Å². The number of hydrogen-bond donors (Lipinski definition) is 1.